The predicted molar refractivity (Wildman–Crippen MR) is 107 cm³/mol. The molecule has 0 aliphatic carbocycles. The minimum atomic E-state index is -0.0784. The standard InChI is InChI=1S/C17H29N5O2S2/c1-5-12(4)25-16-20-19-15(26-16)18-14(23)13-8-10-22(11-9-13)17(24)21(6-2)7-3/h12-13H,5-11H2,1-4H3,(H,18,19,23). The molecule has 26 heavy (non-hydrogen) atoms. The van der Waals surface area contributed by atoms with Gasteiger partial charge in [-0.15, -0.1) is 10.2 Å². The number of likely N-dealkylation sites (tertiary alicyclic amines) is 1. The summed E-state index contributed by atoms with van der Waals surface area (Å²) in [6.07, 6.45) is 2.44. The molecule has 1 atom stereocenters. The van der Waals surface area contributed by atoms with Crippen molar-refractivity contribution < 1.29 is 9.59 Å². The van der Waals surface area contributed by atoms with Gasteiger partial charge in [0.2, 0.25) is 11.0 Å². The fourth-order valence-electron chi connectivity index (χ4n) is 2.80. The Morgan fingerprint density at radius 3 is 2.50 bits per heavy atom. The molecule has 9 heteroatoms. The molecule has 2 rings (SSSR count). The Morgan fingerprint density at radius 2 is 1.92 bits per heavy atom. The first-order valence-corrected chi connectivity index (χ1v) is 11.0. The highest BCUT2D eigenvalue weighted by atomic mass is 32.2. The first-order chi connectivity index (χ1) is 12.5. The zero-order valence-corrected chi connectivity index (χ0v) is 17.7. The van der Waals surface area contributed by atoms with E-state index in [1.165, 1.54) is 11.3 Å². The lowest BCUT2D eigenvalue weighted by molar-refractivity contribution is -0.121. The van der Waals surface area contributed by atoms with E-state index in [9.17, 15) is 9.59 Å². The van der Waals surface area contributed by atoms with Crippen LogP contribution in [0.5, 0.6) is 0 Å². The minimum Gasteiger partial charge on any atom is -0.325 e. The van der Waals surface area contributed by atoms with Crippen LogP contribution >= 0.6 is 23.1 Å². The van der Waals surface area contributed by atoms with Crippen molar-refractivity contribution in [3.05, 3.63) is 0 Å². The lowest BCUT2D eigenvalue weighted by Crippen LogP contribution is -2.47. The normalized spacial score (nSPS) is 16.4. The molecule has 1 unspecified atom stereocenters. The van der Waals surface area contributed by atoms with Crippen molar-refractivity contribution in [1.29, 1.82) is 0 Å². The van der Waals surface area contributed by atoms with E-state index in [0.717, 1.165) is 10.8 Å². The fourth-order valence-corrected chi connectivity index (χ4v) is 4.80. The number of amides is 3. The first-order valence-electron chi connectivity index (χ1n) is 9.33. The van der Waals surface area contributed by atoms with Gasteiger partial charge < -0.3 is 15.1 Å². The van der Waals surface area contributed by atoms with E-state index in [1.54, 1.807) is 11.8 Å². The van der Waals surface area contributed by atoms with Crippen molar-refractivity contribution in [3.8, 4) is 0 Å². The van der Waals surface area contributed by atoms with E-state index in [1.807, 2.05) is 23.6 Å². The minimum absolute atomic E-state index is 0.0174. The van der Waals surface area contributed by atoms with Crippen molar-refractivity contribution in [2.75, 3.05) is 31.5 Å². The van der Waals surface area contributed by atoms with Gasteiger partial charge in [-0.25, -0.2) is 4.79 Å². The molecule has 1 fully saturated rings. The maximum Gasteiger partial charge on any atom is 0.319 e. The molecule has 3 amide bonds. The number of thioether (sulfide) groups is 1. The van der Waals surface area contributed by atoms with Gasteiger partial charge in [-0.1, -0.05) is 36.9 Å². The number of carbonyl (C=O) groups excluding carboxylic acids is 2. The molecule has 2 heterocycles. The van der Waals surface area contributed by atoms with E-state index in [4.69, 9.17) is 0 Å². The summed E-state index contributed by atoms with van der Waals surface area (Å²) < 4.78 is 0.884. The van der Waals surface area contributed by atoms with Crippen LogP contribution in [0.3, 0.4) is 0 Å². The highest BCUT2D eigenvalue weighted by Gasteiger charge is 2.29. The van der Waals surface area contributed by atoms with Crippen LogP contribution in [0.4, 0.5) is 9.93 Å². The summed E-state index contributed by atoms with van der Waals surface area (Å²) >= 11 is 3.10. The Kier molecular flexibility index (Phi) is 8.15. The van der Waals surface area contributed by atoms with Crippen LogP contribution in [0.1, 0.15) is 47.0 Å². The number of urea groups is 1. The average molecular weight is 400 g/mol. The van der Waals surface area contributed by atoms with Crippen LogP contribution in [-0.2, 0) is 4.79 Å². The van der Waals surface area contributed by atoms with Crippen LogP contribution in [0.2, 0.25) is 0 Å². The van der Waals surface area contributed by atoms with Crippen molar-refractivity contribution in [3.63, 3.8) is 0 Å². The molecular formula is C17H29N5O2S2. The van der Waals surface area contributed by atoms with Gasteiger partial charge in [0.15, 0.2) is 4.34 Å². The number of hydrogen-bond acceptors (Lipinski definition) is 6. The second-order valence-electron chi connectivity index (χ2n) is 6.42. The summed E-state index contributed by atoms with van der Waals surface area (Å²) in [4.78, 5) is 28.5. The third kappa shape index (κ3) is 5.57. The zero-order valence-electron chi connectivity index (χ0n) is 16.0. The lowest BCUT2D eigenvalue weighted by atomic mass is 9.96. The molecule has 1 N–H and O–H groups in total. The average Bonchev–Trinajstić information content (AvgIpc) is 3.09. The lowest BCUT2D eigenvalue weighted by Gasteiger charge is -2.34. The second-order valence-corrected chi connectivity index (χ2v) is 9.08. The summed E-state index contributed by atoms with van der Waals surface area (Å²) in [5, 5.41) is 12.1. The van der Waals surface area contributed by atoms with Crippen molar-refractivity contribution in [2.45, 2.75) is 56.5 Å². The van der Waals surface area contributed by atoms with E-state index >= 15 is 0 Å². The van der Waals surface area contributed by atoms with Crippen molar-refractivity contribution >= 4 is 40.2 Å². The Morgan fingerprint density at radius 1 is 1.27 bits per heavy atom. The number of carbonyl (C=O) groups is 2. The van der Waals surface area contributed by atoms with E-state index in [-0.39, 0.29) is 17.9 Å². The van der Waals surface area contributed by atoms with Crippen molar-refractivity contribution in [1.82, 2.24) is 20.0 Å². The molecule has 1 aliphatic rings. The number of aromatic nitrogens is 2. The first kappa shape index (κ1) is 21.0. The van der Waals surface area contributed by atoms with Gasteiger partial charge in [0.25, 0.3) is 0 Å². The van der Waals surface area contributed by atoms with Gasteiger partial charge in [-0.3, -0.25) is 4.79 Å². The molecule has 0 bridgehead atoms. The molecule has 7 nitrogen and oxygen atoms in total. The zero-order chi connectivity index (χ0) is 19.1. The van der Waals surface area contributed by atoms with Crippen LogP contribution in [0, 0.1) is 5.92 Å². The van der Waals surface area contributed by atoms with Crippen LogP contribution in [0.15, 0.2) is 4.34 Å². The van der Waals surface area contributed by atoms with E-state index in [2.05, 4.69) is 29.4 Å². The number of piperidine rings is 1. The third-order valence-corrected chi connectivity index (χ3v) is 6.87. The van der Waals surface area contributed by atoms with E-state index < -0.39 is 0 Å². The smallest absolute Gasteiger partial charge is 0.319 e. The predicted octanol–water partition coefficient (Wildman–Crippen LogP) is 3.54. The quantitative estimate of drug-likeness (QED) is 0.560. The topological polar surface area (TPSA) is 78.4 Å². The Balaban J connectivity index is 1.82. The monoisotopic (exact) mass is 399 g/mol. The maximum absolute atomic E-state index is 12.5. The Labute approximate surface area is 163 Å². The van der Waals surface area contributed by atoms with E-state index in [0.29, 0.717) is 49.4 Å². The number of nitrogens with zero attached hydrogens (tertiary/aromatic N) is 4. The van der Waals surface area contributed by atoms with Gasteiger partial charge in [0.05, 0.1) is 0 Å². The summed E-state index contributed by atoms with van der Waals surface area (Å²) in [6, 6.07) is 0.0738. The molecule has 0 radical (unpaired) electrons. The van der Waals surface area contributed by atoms with Gasteiger partial charge in [0, 0.05) is 37.3 Å². The molecule has 0 saturated carbocycles. The maximum atomic E-state index is 12.5. The number of rotatable bonds is 7. The molecule has 1 saturated heterocycles. The molecule has 146 valence electrons. The Hall–Kier alpha value is -1.35. The summed E-state index contributed by atoms with van der Waals surface area (Å²) in [5.41, 5.74) is 0. The molecule has 1 aromatic rings. The van der Waals surface area contributed by atoms with Gasteiger partial charge >= 0.3 is 6.03 Å². The van der Waals surface area contributed by atoms with Gasteiger partial charge in [-0.05, 0) is 33.1 Å². The molecular weight excluding hydrogens is 370 g/mol. The number of hydrogen-bond donors (Lipinski definition) is 1. The molecule has 0 aromatic carbocycles. The Bertz CT molecular complexity index is 598. The van der Waals surface area contributed by atoms with Crippen LogP contribution in [0.25, 0.3) is 0 Å². The van der Waals surface area contributed by atoms with Gasteiger partial charge in [-0.2, -0.15) is 0 Å². The highest BCUT2D eigenvalue weighted by molar-refractivity contribution is 8.01. The largest absolute Gasteiger partial charge is 0.325 e. The third-order valence-electron chi connectivity index (χ3n) is 4.68. The van der Waals surface area contributed by atoms with Crippen molar-refractivity contribution in [2.24, 2.45) is 5.92 Å². The number of anilines is 1. The molecule has 1 aromatic heterocycles. The summed E-state index contributed by atoms with van der Waals surface area (Å²) in [5.74, 6) is -0.0958. The second kappa shape index (κ2) is 10.1. The summed E-state index contributed by atoms with van der Waals surface area (Å²) in [7, 11) is 0. The molecule has 1 aliphatic heterocycles. The fraction of sp³-hybridized carbons (Fsp3) is 0.765. The molecule has 0 spiro atoms. The van der Waals surface area contributed by atoms with Crippen LogP contribution in [-0.4, -0.2) is 63.4 Å². The van der Waals surface area contributed by atoms with Crippen LogP contribution < -0.4 is 5.32 Å². The number of nitrogens with one attached hydrogen (secondary N) is 1. The SMILES string of the molecule is CCC(C)Sc1nnc(NC(=O)C2CCN(C(=O)N(CC)CC)CC2)s1. The highest BCUT2D eigenvalue weighted by Crippen LogP contribution is 2.30. The summed E-state index contributed by atoms with van der Waals surface area (Å²) in [6.45, 7) is 10.9. The van der Waals surface area contributed by atoms with Gasteiger partial charge in [0.1, 0.15) is 0 Å².